The van der Waals surface area contributed by atoms with Crippen molar-refractivity contribution in [1.29, 1.82) is 0 Å². The predicted molar refractivity (Wildman–Crippen MR) is 114 cm³/mol. The molecular weight excluding hydrogens is 389 g/mol. The van der Waals surface area contributed by atoms with Gasteiger partial charge < -0.3 is 10.6 Å². The second-order valence-corrected chi connectivity index (χ2v) is 7.60. The molecule has 7 heteroatoms. The van der Waals surface area contributed by atoms with Crippen LogP contribution in [0.25, 0.3) is 17.3 Å². The van der Waals surface area contributed by atoms with E-state index in [0.717, 1.165) is 16.0 Å². The van der Waals surface area contributed by atoms with E-state index in [-0.39, 0.29) is 17.6 Å². The van der Waals surface area contributed by atoms with Gasteiger partial charge >= 0.3 is 0 Å². The molecule has 0 saturated carbocycles. The fourth-order valence-electron chi connectivity index (χ4n) is 2.60. The Morgan fingerprint density at radius 1 is 1.10 bits per heavy atom. The number of carbonyl (C=O) groups is 2. The van der Waals surface area contributed by atoms with Gasteiger partial charge in [0, 0.05) is 16.5 Å². The summed E-state index contributed by atoms with van der Waals surface area (Å²) in [5.74, 6) is -1.05. The first-order valence-electron chi connectivity index (χ1n) is 9.00. The maximum Gasteiger partial charge on any atom is 0.248 e. The van der Waals surface area contributed by atoms with Crippen molar-refractivity contribution in [1.82, 2.24) is 10.3 Å². The van der Waals surface area contributed by atoms with Crippen molar-refractivity contribution in [2.45, 2.75) is 19.9 Å². The highest BCUT2D eigenvalue weighted by atomic mass is 32.1. The van der Waals surface area contributed by atoms with Gasteiger partial charge in [-0.25, -0.2) is 9.37 Å². The molecule has 1 heterocycles. The van der Waals surface area contributed by atoms with Crippen LogP contribution in [-0.4, -0.2) is 22.8 Å². The molecule has 0 fully saturated rings. The van der Waals surface area contributed by atoms with Crippen molar-refractivity contribution >= 4 is 34.4 Å². The molecule has 0 aliphatic carbocycles. The van der Waals surface area contributed by atoms with E-state index in [1.807, 2.05) is 37.3 Å². The molecule has 2 N–H and O–H groups in total. The summed E-state index contributed by atoms with van der Waals surface area (Å²) in [6, 6.07) is 14.7. The fraction of sp³-hybridized carbons (Fsp3) is 0.136. The number of nitrogens with one attached hydrogen (secondary N) is 2. The van der Waals surface area contributed by atoms with Gasteiger partial charge in [0.1, 0.15) is 11.9 Å². The van der Waals surface area contributed by atoms with Crippen LogP contribution >= 0.6 is 11.3 Å². The topological polar surface area (TPSA) is 71.1 Å². The lowest BCUT2D eigenvalue weighted by atomic mass is 10.1. The van der Waals surface area contributed by atoms with E-state index in [9.17, 15) is 14.0 Å². The molecule has 2 aromatic carbocycles. The molecule has 148 valence electrons. The quantitative estimate of drug-likeness (QED) is 0.592. The Kier molecular flexibility index (Phi) is 6.51. The number of anilines is 1. The molecule has 3 rings (SSSR count). The highest BCUT2D eigenvalue weighted by molar-refractivity contribution is 7.16. The van der Waals surface area contributed by atoms with Gasteiger partial charge in [0.05, 0.1) is 5.69 Å². The smallest absolute Gasteiger partial charge is 0.248 e. The largest absolute Gasteiger partial charge is 0.341 e. The molecule has 1 unspecified atom stereocenters. The first-order valence-corrected chi connectivity index (χ1v) is 9.82. The second-order valence-electron chi connectivity index (χ2n) is 6.39. The van der Waals surface area contributed by atoms with Crippen LogP contribution in [0.2, 0.25) is 0 Å². The Bertz CT molecular complexity index is 1030. The van der Waals surface area contributed by atoms with Crippen LogP contribution in [0.15, 0.2) is 60.7 Å². The zero-order valence-electron chi connectivity index (χ0n) is 16.0. The lowest BCUT2D eigenvalue weighted by Gasteiger charge is -2.11. The van der Waals surface area contributed by atoms with E-state index in [1.54, 1.807) is 25.1 Å². The van der Waals surface area contributed by atoms with Crippen molar-refractivity contribution < 1.29 is 14.0 Å². The number of rotatable bonds is 6. The molecular formula is C22H20FN3O2S. The van der Waals surface area contributed by atoms with Crippen molar-refractivity contribution in [2.24, 2.45) is 0 Å². The van der Waals surface area contributed by atoms with Gasteiger partial charge in [-0.2, -0.15) is 0 Å². The minimum absolute atomic E-state index is 0.318. The molecule has 0 aliphatic rings. The van der Waals surface area contributed by atoms with Crippen molar-refractivity contribution in [3.05, 3.63) is 76.9 Å². The van der Waals surface area contributed by atoms with Crippen LogP contribution in [0.3, 0.4) is 0 Å². The number of hydrogen-bond donors (Lipinski definition) is 2. The van der Waals surface area contributed by atoms with E-state index in [1.165, 1.54) is 29.5 Å². The average Bonchev–Trinajstić information content (AvgIpc) is 3.07. The van der Waals surface area contributed by atoms with E-state index in [0.29, 0.717) is 10.8 Å². The summed E-state index contributed by atoms with van der Waals surface area (Å²) in [6.45, 7) is 3.48. The molecule has 0 saturated heterocycles. The van der Waals surface area contributed by atoms with Gasteiger partial charge in [0.2, 0.25) is 11.8 Å². The third-order valence-corrected chi connectivity index (χ3v) is 5.01. The fourth-order valence-corrected chi connectivity index (χ4v) is 3.44. The number of amides is 2. The Morgan fingerprint density at radius 3 is 2.48 bits per heavy atom. The molecule has 0 bridgehead atoms. The minimum atomic E-state index is -0.735. The molecule has 3 aromatic rings. The molecule has 2 amide bonds. The highest BCUT2D eigenvalue weighted by Gasteiger charge is 2.17. The summed E-state index contributed by atoms with van der Waals surface area (Å²) in [6.07, 6.45) is 3.07. The minimum Gasteiger partial charge on any atom is -0.341 e. The predicted octanol–water partition coefficient (Wildman–Crippen LogP) is 4.41. The van der Waals surface area contributed by atoms with Gasteiger partial charge in [-0.3, -0.25) is 9.59 Å². The normalized spacial score (nSPS) is 12.0. The standard InChI is InChI=1S/C22H20FN3O2S/c1-14(24-19(27)13-8-16-6-4-3-5-7-16)21(28)26-22-25-20(15(2)29-22)17-9-11-18(23)12-10-17/h3-14H,1-2H3,(H,24,27)(H,25,26,28)/b13-8+. The van der Waals surface area contributed by atoms with Gasteiger partial charge in [-0.15, -0.1) is 11.3 Å². The SMILES string of the molecule is Cc1sc(NC(=O)C(C)NC(=O)/C=C/c2ccccc2)nc1-c1ccc(F)cc1. The molecule has 0 aliphatic heterocycles. The van der Waals surface area contributed by atoms with Gasteiger partial charge in [-0.05, 0) is 49.8 Å². The number of aryl methyl sites for hydroxylation is 1. The van der Waals surface area contributed by atoms with Gasteiger partial charge in [0.25, 0.3) is 0 Å². The number of thiazole rings is 1. The van der Waals surface area contributed by atoms with Crippen LogP contribution in [0, 0.1) is 12.7 Å². The molecule has 0 radical (unpaired) electrons. The summed E-state index contributed by atoms with van der Waals surface area (Å²) in [5, 5.41) is 5.77. The first-order chi connectivity index (χ1) is 13.9. The van der Waals surface area contributed by atoms with Crippen molar-refractivity contribution in [3.63, 3.8) is 0 Å². The number of carbonyl (C=O) groups excluding carboxylic acids is 2. The van der Waals surface area contributed by atoms with Crippen molar-refractivity contribution in [3.8, 4) is 11.3 Å². The van der Waals surface area contributed by atoms with E-state index in [4.69, 9.17) is 0 Å². The molecule has 1 aromatic heterocycles. The Balaban J connectivity index is 1.59. The first kappa shape index (κ1) is 20.4. The summed E-state index contributed by atoms with van der Waals surface area (Å²) in [4.78, 5) is 29.7. The van der Waals surface area contributed by atoms with E-state index < -0.39 is 6.04 Å². The average molecular weight is 409 g/mol. The summed E-state index contributed by atoms with van der Waals surface area (Å²) >= 11 is 1.32. The maximum atomic E-state index is 13.1. The zero-order chi connectivity index (χ0) is 20.8. The van der Waals surface area contributed by atoms with Crippen LogP contribution in [0.4, 0.5) is 9.52 Å². The monoisotopic (exact) mass is 409 g/mol. The lowest BCUT2D eigenvalue weighted by molar-refractivity contribution is -0.123. The van der Waals surface area contributed by atoms with E-state index in [2.05, 4.69) is 15.6 Å². The number of hydrogen-bond acceptors (Lipinski definition) is 4. The molecule has 0 spiro atoms. The van der Waals surface area contributed by atoms with Crippen LogP contribution in [-0.2, 0) is 9.59 Å². The third-order valence-electron chi connectivity index (χ3n) is 4.12. The molecule has 29 heavy (non-hydrogen) atoms. The number of benzene rings is 2. The summed E-state index contributed by atoms with van der Waals surface area (Å²) < 4.78 is 13.1. The Hall–Kier alpha value is -3.32. The summed E-state index contributed by atoms with van der Waals surface area (Å²) in [5.41, 5.74) is 2.35. The lowest BCUT2D eigenvalue weighted by Crippen LogP contribution is -2.40. The van der Waals surface area contributed by atoms with Gasteiger partial charge in [0.15, 0.2) is 5.13 Å². The van der Waals surface area contributed by atoms with Crippen LogP contribution in [0.5, 0.6) is 0 Å². The zero-order valence-corrected chi connectivity index (χ0v) is 16.8. The highest BCUT2D eigenvalue weighted by Crippen LogP contribution is 2.30. The summed E-state index contributed by atoms with van der Waals surface area (Å²) in [7, 11) is 0. The third kappa shape index (κ3) is 5.58. The Labute approximate surface area is 172 Å². The molecule has 5 nitrogen and oxygen atoms in total. The number of nitrogens with zero attached hydrogens (tertiary/aromatic N) is 1. The number of aromatic nitrogens is 1. The van der Waals surface area contributed by atoms with E-state index >= 15 is 0 Å². The second kappa shape index (κ2) is 9.25. The van der Waals surface area contributed by atoms with Crippen LogP contribution in [0.1, 0.15) is 17.4 Å². The van der Waals surface area contributed by atoms with Crippen molar-refractivity contribution in [2.75, 3.05) is 5.32 Å². The number of halogens is 1. The van der Waals surface area contributed by atoms with Gasteiger partial charge in [-0.1, -0.05) is 30.3 Å². The maximum absolute atomic E-state index is 13.1. The Morgan fingerprint density at radius 2 is 1.79 bits per heavy atom. The molecule has 1 atom stereocenters. The van der Waals surface area contributed by atoms with Crippen LogP contribution < -0.4 is 10.6 Å².